The van der Waals surface area contributed by atoms with E-state index in [1.165, 1.54) is 70.6 Å². The van der Waals surface area contributed by atoms with Crippen LogP contribution in [0.15, 0.2) is 42.5 Å². The first kappa shape index (κ1) is 25.6. The van der Waals surface area contributed by atoms with Crippen LogP contribution in [0.4, 0.5) is 13.2 Å². The molecule has 2 aromatic carbocycles. The summed E-state index contributed by atoms with van der Waals surface area (Å²) in [5.74, 6) is -2.33. The number of rotatable bonds is 13. The van der Waals surface area contributed by atoms with E-state index >= 15 is 0 Å². The van der Waals surface area contributed by atoms with Crippen molar-refractivity contribution in [3.05, 3.63) is 65.5 Å². The molecule has 1 saturated carbocycles. The predicted molar refractivity (Wildman–Crippen MR) is 129 cm³/mol. The summed E-state index contributed by atoms with van der Waals surface area (Å²) in [5.41, 5.74) is 0.972. The molecule has 3 rings (SSSR count). The maximum atomic E-state index is 13.7. The highest BCUT2D eigenvalue weighted by Gasteiger charge is 2.23. The highest BCUT2D eigenvalue weighted by molar-refractivity contribution is 5.27. The number of ether oxygens (including phenoxy) is 1. The third kappa shape index (κ3) is 8.39. The molecule has 2 aromatic rings. The Labute approximate surface area is 197 Å². The molecular weight excluding hydrogens is 421 g/mol. The Morgan fingerprint density at radius 1 is 0.788 bits per heavy atom. The van der Waals surface area contributed by atoms with Gasteiger partial charge in [-0.05, 0) is 30.2 Å². The molecule has 4 heteroatoms. The van der Waals surface area contributed by atoms with Crippen molar-refractivity contribution in [3.8, 4) is 5.75 Å². The molecule has 0 saturated heterocycles. The summed E-state index contributed by atoms with van der Waals surface area (Å²) in [7, 11) is 0. The van der Waals surface area contributed by atoms with Crippen molar-refractivity contribution in [2.75, 3.05) is 0 Å². The molecule has 1 unspecified atom stereocenters. The third-order valence-electron chi connectivity index (χ3n) is 7.18. The minimum absolute atomic E-state index is 0.0305. The van der Waals surface area contributed by atoms with E-state index in [4.69, 9.17) is 4.74 Å². The fourth-order valence-corrected chi connectivity index (χ4v) is 5.14. The summed E-state index contributed by atoms with van der Waals surface area (Å²) >= 11 is 0. The summed E-state index contributed by atoms with van der Waals surface area (Å²) in [6, 6.07) is 11.6. The first-order valence-electron chi connectivity index (χ1n) is 12.9. The Morgan fingerprint density at radius 3 is 2.00 bits per heavy atom. The van der Waals surface area contributed by atoms with Gasteiger partial charge in [0.1, 0.15) is 11.9 Å². The molecule has 0 spiro atoms. The van der Waals surface area contributed by atoms with Gasteiger partial charge in [0.05, 0.1) is 0 Å². The topological polar surface area (TPSA) is 9.23 Å². The molecule has 1 fully saturated rings. The fraction of sp³-hybridized carbons (Fsp3) is 0.586. The summed E-state index contributed by atoms with van der Waals surface area (Å²) in [4.78, 5) is 0. The smallest absolute Gasteiger partial charge is 0.194 e. The van der Waals surface area contributed by atoms with E-state index in [1.54, 1.807) is 0 Å². The van der Waals surface area contributed by atoms with Crippen molar-refractivity contribution >= 4 is 0 Å². The predicted octanol–water partition coefficient (Wildman–Crippen LogP) is 9.56. The van der Waals surface area contributed by atoms with Crippen LogP contribution in [0.1, 0.15) is 102 Å². The number of benzene rings is 2. The van der Waals surface area contributed by atoms with E-state index in [0.29, 0.717) is 5.92 Å². The van der Waals surface area contributed by atoms with Crippen molar-refractivity contribution in [1.82, 2.24) is 0 Å². The summed E-state index contributed by atoms with van der Waals surface area (Å²) in [6.45, 7) is 2.26. The van der Waals surface area contributed by atoms with Crippen LogP contribution in [0.3, 0.4) is 0 Å². The molecule has 182 valence electrons. The number of unbranched alkanes of at least 4 members (excludes halogenated alkanes) is 5. The van der Waals surface area contributed by atoms with E-state index < -0.39 is 17.5 Å². The van der Waals surface area contributed by atoms with Crippen LogP contribution < -0.4 is 4.74 Å². The fourth-order valence-electron chi connectivity index (χ4n) is 5.14. The quantitative estimate of drug-likeness (QED) is 0.214. The summed E-state index contributed by atoms with van der Waals surface area (Å²) in [6.07, 6.45) is 16.2. The van der Waals surface area contributed by atoms with Crippen LogP contribution in [0.25, 0.3) is 0 Å². The Bertz CT molecular complexity index is 792. The first-order valence-corrected chi connectivity index (χ1v) is 12.9. The first-order chi connectivity index (χ1) is 16.1. The molecule has 0 amide bonds. The van der Waals surface area contributed by atoms with Crippen molar-refractivity contribution < 1.29 is 17.9 Å². The van der Waals surface area contributed by atoms with Crippen LogP contribution in [-0.4, -0.2) is 0 Å². The minimum Gasteiger partial charge on any atom is -0.486 e. The van der Waals surface area contributed by atoms with Gasteiger partial charge >= 0.3 is 0 Å². The Kier molecular flexibility index (Phi) is 10.6. The van der Waals surface area contributed by atoms with Gasteiger partial charge in [-0.25, -0.2) is 13.2 Å². The summed E-state index contributed by atoms with van der Waals surface area (Å²) < 4.78 is 46.7. The highest BCUT2D eigenvalue weighted by atomic mass is 19.2. The van der Waals surface area contributed by atoms with E-state index in [2.05, 4.69) is 6.92 Å². The second-order valence-corrected chi connectivity index (χ2v) is 9.74. The second kappa shape index (κ2) is 13.7. The van der Waals surface area contributed by atoms with Gasteiger partial charge < -0.3 is 4.74 Å². The van der Waals surface area contributed by atoms with Gasteiger partial charge in [0.25, 0.3) is 0 Å². The summed E-state index contributed by atoms with van der Waals surface area (Å²) in [5, 5.41) is 0. The minimum atomic E-state index is -1.46. The zero-order valence-electron chi connectivity index (χ0n) is 20.0. The molecule has 1 atom stereocenters. The molecule has 1 aliphatic rings. The maximum absolute atomic E-state index is 13.7. The highest BCUT2D eigenvalue weighted by Crippen LogP contribution is 2.37. The van der Waals surface area contributed by atoms with Crippen LogP contribution >= 0.6 is 0 Å². The standard InChI is InChI=1S/C29H39F3O/c1-2-3-4-5-6-8-11-22-14-16-23(17-15-22)18-19-28(24-12-9-7-10-13-24)33-25-20-26(30)29(32)27(31)21-25/h7,9-10,12-13,20-23,28H,2-6,8,11,14-19H2,1H3/t22-,23-,28?. The van der Waals surface area contributed by atoms with E-state index in [0.717, 1.165) is 36.5 Å². The number of halogens is 3. The van der Waals surface area contributed by atoms with Crippen molar-refractivity contribution in [2.24, 2.45) is 11.8 Å². The normalized spacial score (nSPS) is 19.4. The largest absolute Gasteiger partial charge is 0.486 e. The average Bonchev–Trinajstić information content (AvgIpc) is 2.83. The monoisotopic (exact) mass is 460 g/mol. The maximum Gasteiger partial charge on any atom is 0.194 e. The van der Waals surface area contributed by atoms with Crippen LogP contribution in [0, 0.1) is 29.3 Å². The van der Waals surface area contributed by atoms with Gasteiger partial charge in [0.2, 0.25) is 0 Å². The lowest BCUT2D eigenvalue weighted by Gasteiger charge is -2.30. The molecule has 0 N–H and O–H groups in total. The van der Waals surface area contributed by atoms with Crippen molar-refractivity contribution in [3.63, 3.8) is 0 Å². The van der Waals surface area contributed by atoms with Gasteiger partial charge in [0, 0.05) is 12.1 Å². The molecule has 0 bridgehead atoms. The van der Waals surface area contributed by atoms with Gasteiger partial charge in [-0.1, -0.05) is 108 Å². The molecule has 33 heavy (non-hydrogen) atoms. The SMILES string of the molecule is CCCCCCCC[C@H]1CC[C@H](CCC(Oc2cc(F)c(F)c(F)c2)c2ccccc2)CC1. The van der Waals surface area contributed by atoms with Crippen LogP contribution in [0.2, 0.25) is 0 Å². The molecule has 1 aliphatic carbocycles. The Morgan fingerprint density at radius 2 is 1.36 bits per heavy atom. The zero-order chi connectivity index (χ0) is 23.5. The van der Waals surface area contributed by atoms with Crippen LogP contribution in [-0.2, 0) is 0 Å². The van der Waals surface area contributed by atoms with Gasteiger partial charge in [-0.3, -0.25) is 0 Å². The molecule has 0 aromatic heterocycles. The van der Waals surface area contributed by atoms with Crippen LogP contribution in [0.5, 0.6) is 5.75 Å². The van der Waals surface area contributed by atoms with E-state index in [9.17, 15) is 13.2 Å². The molecular formula is C29H39F3O. The van der Waals surface area contributed by atoms with Crippen molar-refractivity contribution in [2.45, 2.75) is 96.5 Å². The zero-order valence-corrected chi connectivity index (χ0v) is 20.0. The average molecular weight is 461 g/mol. The van der Waals surface area contributed by atoms with E-state index in [-0.39, 0.29) is 11.9 Å². The lowest BCUT2D eigenvalue weighted by Crippen LogP contribution is -2.17. The molecule has 0 radical (unpaired) electrons. The second-order valence-electron chi connectivity index (χ2n) is 9.74. The van der Waals surface area contributed by atoms with Gasteiger partial charge in [-0.15, -0.1) is 0 Å². The number of hydrogen-bond donors (Lipinski definition) is 0. The molecule has 1 nitrogen and oxygen atoms in total. The van der Waals surface area contributed by atoms with E-state index in [1.807, 2.05) is 30.3 Å². The molecule has 0 heterocycles. The Balaban J connectivity index is 1.48. The third-order valence-corrected chi connectivity index (χ3v) is 7.18. The van der Waals surface area contributed by atoms with Crippen molar-refractivity contribution in [1.29, 1.82) is 0 Å². The van der Waals surface area contributed by atoms with Gasteiger partial charge in [0.15, 0.2) is 17.5 Å². The Hall–Kier alpha value is -1.97. The number of hydrogen-bond acceptors (Lipinski definition) is 1. The lowest BCUT2D eigenvalue weighted by molar-refractivity contribution is 0.166. The molecule has 0 aliphatic heterocycles. The lowest BCUT2D eigenvalue weighted by atomic mass is 9.77. The van der Waals surface area contributed by atoms with Gasteiger partial charge in [-0.2, -0.15) is 0 Å².